The van der Waals surface area contributed by atoms with Gasteiger partial charge >= 0.3 is 5.97 Å². The Morgan fingerprint density at radius 1 is 1.23 bits per heavy atom. The molecule has 22 heavy (non-hydrogen) atoms. The zero-order chi connectivity index (χ0) is 16.1. The maximum absolute atomic E-state index is 12.7. The predicted octanol–water partition coefficient (Wildman–Crippen LogP) is 2.96. The number of carboxylic acid groups (broad SMARTS) is 1. The maximum atomic E-state index is 12.7. The fraction of sp³-hybridized carbons (Fsp3) is 0.294. The molecule has 2 rings (SSSR count). The van der Waals surface area contributed by atoms with E-state index in [1.807, 2.05) is 37.3 Å². The van der Waals surface area contributed by atoms with Crippen LogP contribution in [0.5, 0.6) is 0 Å². The molecule has 0 fully saturated rings. The van der Waals surface area contributed by atoms with Crippen LogP contribution in [0.1, 0.15) is 35.5 Å². The molecular formula is C17H19NO4. The van der Waals surface area contributed by atoms with Crippen molar-refractivity contribution in [1.82, 2.24) is 4.90 Å². The first-order valence-corrected chi connectivity index (χ1v) is 7.18. The van der Waals surface area contributed by atoms with Gasteiger partial charge in [-0.05, 0) is 18.6 Å². The molecule has 116 valence electrons. The second-order valence-electron chi connectivity index (χ2n) is 5.04. The van der Waals surface area contributed by atoms with E-state index in [1.54, 1.807) is 6.07 Å². The van der Waals surface area contributed by atoms with E-state index in [0.717, 1.165) is 5.56 Å². The monoisotopic (exact) mass is 301 g/mol. The number of rotatable bonds is 6. The van der Waals surface area contributed by atoms with E-state index in [-0.39, 0.29) is 12.5 Å². The first-order valence-electron chi connectivity index (χ1n) is 7.18. The number of aryl methyl sites for hydroxylation is 1. The summed E-state index contributed by atoms with van der Waals surface area (Å²) in [6, 6.07) is 10.00. The Morgan fingerprint density at radius 2 is 1.91 bits per heavy atom. The highest BCUT2D eigenvalue weighted by Gasteiger charge is 2.28. The molecule has 0 aliphatic heterocycles. The highest BCUT2D eigenvalue weighted by Crippen LogP contribution is 2.18. The molecule has 0 saturated carbocycles. The van der Waals surface area contributed by atoms with Crippen molar-refractivity contribution in [2.24, 2.45) is 0 Å². The minimum absolute atomic E-state index is 0.238. The zero-order valence-electron chi connectivity index (χ0n) is 12.7. The Balaban J connectivity index is 2.32. The van der Waals surface area contributed by atoms with Gasteiger partial charge in [-0.15, -0.1) is 0 Å². The fourth-order valence-corrected chi connectivity index (χ4v) is 2.26. The minimum Gasteiger partial charge on any atom is -0.480 e. The van der Waals surface area contributed by atoms with Gasteiger partial charge in [-0.2, -0.15) is 0 Å². The molecule has 1 atom stereocenters. The summed E-state index contributed by atoms with van der Waals surface area (Å²) >= 11 is 0. The molecule has 1 aromatic carbocycles. The van der Waals surface area contributed by atoms with Crippen LogP contribution in [0.3, 0.4) is 0 Å². The molecule has 0 saturated heterocycles. The van der Waals surface area contributed by atoms with Crippen molar-refractivity contribution < 1.29 is 19.1 Å². The van der Waals surface area contributed by atoms with Crippen LogP contribution >= 0.6 is 0 Å². The summed E-state index contributed by atoms with van der Waals surface area (Å²) < 4.78 is 5.28. The molecule has 0 unspecified atom stereocenters. The Hall–Kier alpha value is -2.56. The summed E-state index contributed by atoms with van der Waals surface area (Å²) in [6.45, 7) is 3.63. The van der Waals surface area contributed by atoms with Gasteiger partial charge in [0.05, 0.1) is 11.8 Å². The normalized spacial score (nSPS) is 11.9. The molecule has 5 nitrogen and oxygen atoms in total. The molecule has 1 N–H and O–H groups in total. The molecule has 2 aromatic rings. The second kappa shape index (κ2) is 6.93. The average molecular weight is 301 g/mol. The molecule has 1 heterocycles. The van der Waals surface area contributed by atoms with Gasteiger partial charge in [-0.1, -0.05) is 37.3 Å². The topological polar surface area (TPSA) is 70.8 Å². The van der Waals surface area contributed by atoms with Crippen LogP contribution in [0, 0.1) is 0 Å². The van der Waals surface area contributed by atoms with Gasteiger partial charge in [0.25, 0.3) is 5.91 Å². The number of hydrogen-bond acceptors (Lipinski definition) is 3. The zero-order valence-corrected chi connectivity index (χ0v) is 12.7. The van der Waals surface area contributed by atoms with Gasteiger partial charge in [-0.3, -0.25) is 4.79 Å². The van der Waals surface area contributed by atoms with E-state index in [0.29, 0.717) is 17.7 Å². The Labute approximate surface area is 129 Å². The van der Waals surface area contributed by atoms with Crippen LogP contribution in [0.15, 0.2) is 47.1 Å². The lowest BCUT2D eigenvalue weighted by molar-refractivity contribution is -0.141. The molecule has 0 bridgehead atoms. The molecule has 5 heteroatoms. The van der Waals surface area contributed by atoms with E-state index in [1.165, 1.54) is 18.1 Å². The molecule has 1 amide bonds. The van der Waals surface area contributed by atoms with Crippen molar-refractivity contribution in [3.63, 3.8) is 0 Å². The van der Waals surface area contributed by atoms with Crippen LogP contribution < -0.4 is 0 Å². The van der Waals surface area contributed by atoms with Crippen molar-refractivity contribution in [3.05, 3.63) is 59.5 Å². The number of carboxylic acids is 1. The Bertz CT molecular complexity index is 648. The smallest absolute Gasteiger partial charge is 0.326 e. The summed E-state index contributed by atoms with van der Waals surface area (Å²) in [5.41, 5.74) is 1.30. The molecule has 1 aromatic heterocycles. The summed E-state index contributed by atoms with van der Waals surface area (Å²) in [5.74, 6) is -0.796. The van der Waals surface area contributed by atoms with Gasteiger partial charge in [0.15, 0.2) is 0 Å². The lowest BCUT2D eigenvalue weighted by Gasteiger charge is -2.26. The van der Waals surface area contributed by atoms with Crippen LogP contribution in [-0.2, 0) is 17.8 Å². The van der Waals surface area contributed by atoms with E-state index in [2.05, 4.69) is 0 Å². The number of carbonyl (C=O) groups excluding carboxylic acids is 1. The SMILES string of the molecule is CCc1occc1C(=O)N(Cc1ccccc1)[C@@H](C)C(=O)O. The van der Waals surface area contributed by atoms with Crippen LogP contribution in [0.4, 0.5) is 0 Å². The van der Waals surface area contributed by atoms with Crippen molar-refractivity contribution in [2.45, 2.75) is 32.9 Å². The maximum Gasteiger partial charge on any atom is 0.326 e. The molecule has 0 radical (unpaired) electrons. The average Bonchev–Trinajstić information content (AvgIpc) is 3.00. The van der Waals surface area contributed by atoms with Crippen LogP contribution in [0.2, 0.25) is 0 Å². The first-order chi connectivity index (χ1) is 10.5. The third-order valence-electron chi connectivity index (χ3n) is 3.58. The number of nitrogens with zero attached hydrogens (tertiary/aromatic N) is 1. The third-order valence-corrected chi connectivity index (χ3v) is 3.58. The number of aliphatic carboxylic acids is 1. The quantitative estimate of drug-likeness (QED) is 0.890. The summed E-state index contributed by atoms with van der Waals surface area (Å²) in [5, 5.41) is 9.29. The van der Waals surface area contributed by atoms with Crippen molar-refractivity contribution in [3.8, 4) is 0 Å². The number of amides is 1. The van der Waals surface area contributed by atoms with Gasteiger partial charge in [-0.25, -0.2) is 4.79 Å². The number of furan rings is 1. The lowest BCUT2D eigenvalue weighted by Crippen LogP contribution is -2.42. The van der Waals surface area contributed by atoms with Crippen molar-refractivity contribution >= 4 is 11.9 Å². The molecular weight excluding hydrogens is 282 g/mol. The van der Waals surface area contributed by atoms with Gasteiger partial charge in [0, 0.05) is 13.0 Å². The first kappa shape index (κ1) is 15.8. The highest BCUT2D eigenvalue weighted by molar-refractivity contribution is 5.97. The van der Waals surface area contributed by atoms with Crippen molar-refractivity contribution in [2.75, 3.05) is 0 Å². The molecule has 0 aliphatic carbocycles. The van der Waals surface area contributed by atoms with E-state index in [9.17, 15) is 14.7 Å². The third kappa shape index (κ3) is 3.36. The highest BCUT2D eigenvalue weighted by atomic mass is 16.4. The van der Waals surface area contributed by atoms with Crippen LogP contribution in [0.25, 0.3) is 0 Å². The van der Waals surface area contributed by atoms with Crippen molar-refractivity contribution in [1.29, 1.82) is 0 Å². The Morgan fingerprint density at radius 3 is 2.50 bits per heavy atom. The number of carbonyl (C=O) groups is 2. The molecule has 0 aliphatic rings. The number of benzene rings is 1. The summed E-state index contributed by atoms with van der Waals surface area (Å²) in [7, 11) is 0. The van der Waals surface area contributed by atoms with Gasteiger partial charge < -0.3 is 14.4 Å². The van der Waals surface area contributed by atoms with E-state index >= 15 is 0 Å². The van der Waals surface area contributed by atoms with Gasteiger partial charge in [0.2, 0.25) is 0 Å². The predicted molar refractivity (Wildman–Crippen MR) is 81.5 cm³/mol. The Kier molecular flexibility index (Phi) is 4.99. The largest absolute Gasteiger partial charge is 0.480 e. The minimum atomic E-state index is -1.04. The second-order valence-corrected chi connectivity index (χ2v) is 5.04. The fourth-order valence-electron chi connectivity index (χ4n) is 2.26. The van der Waals surface area contributed by atoms with E-state index in [4.69, 9.17) is 4.42 Å². The summed E-state index contributed by atoms with van der Waals surface area (Å²) in [4.78, 5) is 25.4. The van der Waals surface area contributed by atoms with E-state index < -0.39 is 12.0 Å². The molecule has 0 spiro atoms. The standard InChI is InChI=1S/C17H19NO4/c1-3-15-14(9-10-22-15)16(19)18(12(2)17(20)21)11-13-7-5-4-6-8-13/h4-10,12H,3,11H2,1-2H3,(H,20,21)/t12-/m0/s1. The van der Waals surface area contributed by atoms with Crippen LogP contribution in [-0.4, -0.2) is 27.9 Å². The lowest BCUT2D eigenvalue weighted by atomic mass is 10.1. The summed E-state index contributed by atoms with van der Waals surface area (Å²) in [6.07, 6.45) is 2.03. The number of hydrogen-bond donors (Lipinski definition) is 1. The van der Waals surface area contributed by atoms with Gasteiger partial charge in [0.1, 0.15) is 11.8 Å².